The molecule has 2 saturated heterocycles. The van der Waals surface area contributed by atoms with E-state index in [1.807, 2.05) is 0 Å². The van der Waals surface area contributed by atoms with Crippen LogP contribution in [-0.4, -0.2) is 114 Å². The molecule has 10 atom stereocenters. The van der Waals surface area contributed by atoms with Gasteiger partial charge in [-0.05, 0) is 25.1 Å². The Labute approximate surface area is 253 Å². The molecule has 0 saturated carbocycles. The Kier molecular flexibility index (Phi) is 8.94. The molecule has 16 heteroatoms. The van der Waals surface area contributed by atoms with Crippen molar-refractivity contribution in [3.63, 3.8) is 0 Å². The molecule has 3 heterocycles. The minimum atomic E-state index is -1.92. The minimum absolute atomic E-state index is 0.0947. The third kappa shape index (κ3) is 6.01. The molecule has 5 rings (SSSR count). The molecular formula is C29H32O16. The maximum Gasteiger partial charge on any atom is 0.302 e. The smallest absolute Gasteiger partial charge is 0.302 e. The lowest BCUT2D eigenvalue weighted by Crippen LogP contribution is -2.62. The van der Waals surface area contributed by atoms with Gasteiger partial charge in [0.2, 0.25) is 0 Å². The van der Waals surface area contributed by atoms with Crippen molar-refractivity contribution in [3.8, 4) is 34.3 Å². The maximum atomic E-state index is 13.3. The van der Waals surface area contributed by atoms with Crippen LogP contribution in [0.4, 0.5) is 0 Å². The zero-order valence-corrected chi connectivity index (χ0v) is 23.8. The molecule has 9 N–H and O–H groups in total. The van der Waals surface area contributed by atoms with E-state index in [0.29, 0.717) is 0 Å². The normalized spacial score (nSPS) is 32.0. The monoisotopic (exact) mass is 636 g/mol. The number of hydrogen-bond donors (Lipinski definition) is 9. The Balaban J connectivity index is 1.60. The van der Waals surface area contributed by atoms with E-state index in [1.165, 1.54) is 13.0 Å². The first-order valence-corrected chi connectivity index (χ1v) is 13.7. The van der Waals surface area contributed by atoms with Crippen molar-refractivity contribution in [1.82, 2.24) is 0 Å². The quantitative estimate of drug-likeness (QED) is 0.119. The summed E-state index contributed by atoms with van der Waals surface area (Å²) < 4.78 is 27.7. The summed E-state index contributed by atoms with van der Waals surface area (Å²) in [6, 6.07) is 5.57. The van der Waals surface area contributed by atoms with Gasteiger partial charge in [0.1, 0.15) is 83.7 Å². The van der Waals surface area contributed by atoms with Crippen LogP contribution in [0, 0.1) is 0 Å². The van der Waals surface area contributed by atoms with Crippen LogP contribution >= 0.6 is 0 Å². The summed E-state index contributed by atoms with van der Waals surface area (Å²) in [5, 5.41) is 94.2. The summed E-state index contributed by atoms with van der Waals surface area (Å²) in [6.07, 6.45) is -16.6. The fraction of sp³-hybridized carbons (Fsp3) is 0.448. The van der Waals surface area contributed by atoms with Crippen LogP contribution in [0.1, 0.15) is 25.5 Å². The van der Waals surface area contributed by atoms with Crippen molar-refractivity contribution in [2.45, 2.75) is 75.1 Å². The van der Waals surface area contributed by atoms with Crippen molar-refractivity contribution >= 4 is 16.9 Å². The van der Waals surface area contributed by atoms with E-state index in [9.17, 15) is 55.5 Å². The number of carbonyl (C=O) groups excluding carboxylic acids is 1. The lowest BCUT2D eigenvalue weighted by Gasteiger charge is -2.46. The van der Waals surface area contributed by atoms with Crippen molar-refractivity contribution in [3.05, 3.63) is 46.1 Å². The van der Waals surface area contributed by atoms with Crippen molar-refractivity contribution < 1.29 is 74.1 Å². The van der Waals surface area contributed by atoms with Crippen molar-refractivity contribution in [2.75, 3.05) is 6.61 Å². The van der Waals surface area contributed by atoms with Crippen molar-refractivity contribution in [1.29, 1.82) is 0 Å². The minimum Gasteiger partial charge on any atom is -0.507 e. The summed E-state index contributed by atoms with van der Waals surface area (Å²) in [5.41, 5.74) is -1.48. The Morgan fingerprint density at radius 3 is 2.22 bits per heavy atom. The van der Waals surface area contributed by atoms with Crippen LogP contribution in [0.2, 0.25) is 0 Å². The van der Waals surface area contributed by atoms with Gasteiger partial charge in [-0.3, -0.25) is 9.59 Å². The number of rotatable bonds is 6. The van der Waals surface area contributed by atoms with E-state index in [0.717, 1.165) is 31.2 Å². The average molecular weight is 637 g/mol. The van der Waals surface area contributed by atoms with Gasteiger partial charge in [-0.15, -0.1) is 0 Å². The number of aliphatic hydroxyl groups excluding tert-OH is 5. The number of esters is 1. The fourth-order valence-corrected chi connectivity index (χ4v) is 5.35. The molecule has 0 amide bonds. The number of aromatic hydroxyl groups is 4. The number of carbonyl (C=O) groups is 1. The number of ether oxygens (including phenoxy) is 4. The number of hydrogen-bond acceptors (Lipinski definition) is 16. The highest BCUT2D eigenvalue weighted by Crippen LogP contribution is 2.46. The molecule has 2 fully saturated rings. The summed E-state index contributed by atoms with van der Waals surface area (Å²) >= 11 is 0. The van der Waals surface area contributed by atoms with E-state index in [1.54, 1.807) is 0 Å². The third-order valence-electron chi connectivity index (χ3n) is 7.79. The first-order valence-electron chi connectivity index (χ1n) is 13.7. The number of phenolic OH excluding ortho intramolecular Hbond substituents is 4. The van der Waals surface area contributed by atoms with Crippen molar-refractivity contribution in [2.24, 2.45) is 0 Å². The number of benzene rings is 2. The summed E-state index contributed by atoms with van der Waals surface area (Å²) in [5.74, 6) is -3.37. The first-order chi connectivity index (χ1) is 21.2. The van der Waals surface area contributed by atoms with Crippen LogP contribution < -0.4 is 5.43 Å². The van der Waals surface area contributed by atoms with Gasteiger partial charge < -0.3 is 69.3 Å². The lowest BCUT2D eigenvalue weighted by molar-refractivity contribution is -0.338. The van der Waals surface area contributed by atoms with E-state index in [-0.39, 0.29) is 16.9 Å². The second kappa shape index (κ2) is 12.4. The second-order valence-electron chi connectivity index (χ2n) is 10.9. The summed E-state index contributed by atoms with van der Waals surface area (Å²) in [7, 11) is 0. The van der Waals surface area contributed by atoms with Gasteiger partial charge in [0, 0.05) is 24.6 Å². The van der Waals surface area contributed by atoms with E-state index < -0.39 is 113 Å². The Bertz CT molecular complexity index is 1640. The Morgan fingerprint density at radius 1 is 0.844 bits per heavy atom. The van der Waals surface area contributed by atoms with E-state index >= 15 is 0 Å². The molecule has 45 heavy (non-hydrogen) atoms. The molecule has 0 radical (unpaired) electrons. The largest absolute Gasteiger partial charge is 0.507 e. The molecule has 2 aromatic carbocycles. The molecule has 3 aromatic rings. The predicted molar refractivity (Wildman–Crippen MR) is 148 cm³/mol. The van der Waals surface area contributed by atoms with Gasteiger partial charge in [0.05, 0.1) is 11.7 Å². The van der Waals surface area contributed by atoms with Crippen LogP contribution in [0.3, 0.4) is 0 Å². The zero-order valence-electron chi connectivity index (χ0n) is 23.8. The molecule has 0 unspecified atom stereocenters. The SMILES string of the molecule is CC(=O)OC[C@H]1O[C@@H](c2c(O)cc3oc(-c4ccc(O)c(O)c4)cc(=O)c3c2O)[C@H](O[C@@H]2O[C@@H](C)[C@H](O)[C@@H](O)[C@H]2O)[C@@H](O)[C@@H]1O. The highest BCUT2D eigenvalue weighted by Gasteiger charge is 2.51. The van der Waals surface area contributed by atoms with Crippen LogP contribution in [0.15, 0.2) is 39.5 Å². The van der Waals surface area contributed by atoms with Gasteiger partial charge in [-0.25, -0.2) is 0 Å². The number of aliphatic hydroxyl groups is 5. The van der Waals surface area contributed by atoms with Gasteiger partial charge in [0.25, 0.3) is 0 Å². The first kappa shape index (κ1) is 32.4. The van der Waals surface area contributed by atoms with Gasteiger partial charge in [-0.1, -0.05) is 0 Å². The lowest BCUT2D eigenvalue weighted by atomic mass is 9.89. The molecule has 0 aliphatic carbocycles. The van der Waals surface area contributed by atoms with Gasteiger partial charge >= 0.3 is 5.97 Å². The van der Waals surface area contributed by atoms with Crippen LogP contribution in [-0.2, 0) is 23.7 Å². The summed E-state index contributed by atoms with van der Waals surface area (Å²) in [4.78, 5) is 24.7. The van der Waals surface area contributed by atoms with Crippen LogP contribution in [0.25, 0.3) is 22.3 Å². The molecule has 16 nitrogen and oxygen atoms in total. The Morgan fingerprint density at radius 2 is 1.56 bits per heavy atom. The highest BCUT2D eigenvalue weighted by atomic mass is 16.7. The second-order valence-corrected chi connectivity index (χ2v) is 10.9. The number of phenols is 4. The maximum absolute atomic E-state index is 13.3. The molecule has 2 aliphatic heterocycles. The molecule has 1 aromatic heterocycles. The standard InChI is InChI=1S/C29H32O16/c1-9-21(35)24(38)26(40)29(42-9)45-28-25(39)22(36)18(8-41-10(2)30)44-27(28)20-15(34)7-17-19(23(20)37)14(33)6-16(43-17)11-3-4-12(31)13(32)5-11/h3-7,9,18,21-22,24-29,31-32,34-40H,8H2,1-2H3/t9-,18+,21-,22+,24+,25-,26+,27-,28+,29-/m0/s1. The molecule has 0 bridgehead atoms. The zero-order chi connectivity index (χ0) is 32.9. The van der Waals surface area contributed by atoms with E-state index in [4.69, 9.17) is 23.4 Å². The van der Waals surface area contributed by atoms with Gasteiger partial charge in [-0.2, -0.15) is 0 Å². The predicted octanol–water partition coefficient (Wildman–Crippen LogP) is -0.780. The number of fused-ring (bicyclic) bond motifs is 1. The summed E-state index contributed by atoms with van der Waals surface area (Å²) in [6.45, 7) is 1.88. The van der Waals surface area contributed by atoms with Crippen LogP contribution in [0.5, 0.6) is 23.0 Å². The molecule has 244 valence electrons. The van der Waals surface area contributed by atoms with Gasteiger partial charge in [0.15, 0.2) is 23.2 Å². The third-order valence-corrected chi connectivity index (χ3v) is 7.79. The molecular weight excluding hydrogens is 604 g/mol. The Hall–Kier alpha value is -4.00. The molecule has 2 aliphatic rings. The van der Waals surface area contributed by atoms with E-state index in [2.05, 4.69) is 0 Å². The topological polar surface area (TPSA) is 266 Å². The molecule has 0 spiro atoms. The fourth-order valence-electron chi connectivity index (χ4n) is 5.35. The average Bonchev–Trinajstić information content (AvgIpc) is 2.98. The highest BCUT2D eigenvalue weighted by molar-refractivity contribution is 5.88.